The number of aliphatic hydroxyl groups is 1. The van der Waals surface area contributed by atoms with E-state index in [9.17, 15) is 5.11 Å². The Morgan fingerprint density at radius 3 is 2.68 bits per heavy atom. The van der Waals surface area contributed by atoms with Crippen LogP contribution in [-0.2, 0) is 33.1 Å². The van der Waals surface area contributed by atoms with Gasteiger partial charge >= 0.3 is 0 Å². The Morgan fingerprint density at radius 2 is 1.89 bits per heavy atom. The van der Waals surface area contributed by atoms with Gasteiger partial charge in [0.05, 0.1) is 18.0 Å². The molecule has 0 saturated carbocycles. The van der Waals surface area contributed by atoms with Crippen LogP contribution in [0, 0.1) is 0 Å². The van der Waals surface area contributed by atoms with Crippen molar-refractivity contribution in [3.8, 4) is 5.75 Å². The van der Waals surface area contributed by atoms with Gasteiger partial charge in [0.2, 0.25) is 0 Å². The lowest BCUT2D eigenvalue weighted by molar-refractivity contribution is 0.275. The predicted molar refractivity (Wildman–Crippen MR) is 112 cm³/mol. The average Bonchev–Trinajstić information content (AvgIpc) is 3.11. The molecule has 2 aromatic carbocycles. The minimum atomic E-state index is -0.0437. The van der Waals surface area contributed by atoms with E-state index in [-0.39, 0.29) is 6.61 Å². The average molecular weight is 374 g/mol. The van der Waals surface area contributed by atoms with E-state index in [1.165, 1.54) is 29.5 Å². The maximum Gasteiger partial charge on any atom is 0.123 e. The Labute approximate surface area is 166 Å². The maximum absolute atomic E-state index is 9.27. The molecular weight excluding hydrogens is 348 g/mol. The summed E-state index contributed by atoms with van der Waals surface area (Å²) in [6.07, 6.45) is 8.80. The summed E-state index contributed by atoms with van der Waals surface area (Å²) in [5.41, 5.74) is 6.72. The molecule has 1 N–H and O–H groups in total. The molecule has 4 nitrogen and oxygen atoms in total. The Bertz CT molecular complexity index is 974. The second-order valence-corrected chi connectivity index (χ2v) is 7.31. The van der Waals surface area contributed by atoms with Crippen molar-refractivity contribution in [3.63, 3.8) is 0 Å². The summed E-state index contributed by atoms with van der Waals surface area (Å²) < 4.78 is 8.03. The molecule has 0 bridgehead atoms. The first-order valence-electron chi connectivity index (χ1n) is 9.87. The second kappa shape index (κ2) is 8.44. The smallest absolute Gasteiger partial charge is 0.123 e. The van der Waals surface area contributed by atoms with Gasteiger partial charge in [-0.25, -0.2) is 0 Å². The number of aliphatic hydroxyl groups excluding tert-OH is 1. The number of aryl methyl sites for hydroxylation is 2. The normalized spacial score (nSPS) is 13.6. The first kappa shape index (κ1) is 18.5. The molecule has 0 atom stereocenters. The number of ether oxygens (including phenoxy) is 1. The Balaban J connectivity index is 1.60. The Morgan fingerprint density at radius 1 is 1.07 bits per heavy atom. The lowest BCUT2D eigenvalue weighted by atomic mass is 9.89. The van der Waals surface area contributed by atoms with Gasteiger partial charge in [-0.1, -0.05) is 42.5 Å². The summed E-state index contributed by atoms with van der Waals surface area (Å²) in [6, 6.07) is 16.6. The van der Waals surface area contributed by atoms with Crippen LogP contribution in [0.15, 0.2) is 48.5 Å². The summed E-state index contributed by atoms with van der Waals surface area (Å²) in [4.78, 5) is 0. The van der Waals surface area contributed by atoms with E-state index in [4.69, 9.17) is 4.74 Å². The fraction of sp³-hybridized carbons (Fsp3) is 0.292. The van der Waals surface area contributed by atoms with E-state index in [2.05, 4.69) is 35.4 Å². The quantitative estimate of drug-likeness (QED) is 0.689. The third-order valence-electron chi connectivity index (χ3n) is 5.26. The van der Waals surface area contributed by atoms with Crippen LogP contribution in [0.3, 0.4) is 0 Å². The third-order valence-corrected chi connectivity index (χ3v) is 5.26. The highest BCUT2D eigenvalue weighted by Gasteiger charge is 2.15. The molecule has 1 heterocycles. The highest BCUT2D eigenvalue weighted by atomic mass is 16.5. The van der Waals surface area contributed by atoms with E-state index in [1.54, 1.807) is 4.68 Å². The van der Waals surface area contributed by atoms with Crippen LogP contribution in [0.4, 0.5) is 0 Å². The highest BCUT2D eigenvalue weighted by Crippen LogP contribution is 2.32. The lowest BCUT2D eigenvalue weighted by Crippen LogP contribution is -2.07. The molecule has 0 unspecified atom stereocenters. The number of nitrogens with zero attached hydrogens (tertiary/aromatic N) is 2. The number of fused-ring (bicyclic) bond motifs is 1. The molecule has 0 aliphatic heterocycles. The minimum absolute atomic E-state index is 0.0437. The van der Waals surface area contributed by atoms with E-state index >= 15 is 0 Å². The number of hydrogen-bond donors (Lipinski definition) is 1. The maximum atomic E-state index is 9.27. The molecule has 0 amide bonds. The molecule has 28 heavy (non-hydrogen) atoms. The summed E-state index contributed by atoms with van der Waals surface area (Å²) in [5.74, 6) is 1.00. The second-order valence-electron chi connectivity index (χ2n) is 7.31. The summed E-state index contributed by atoms with van der Waals surface area (Å²) in [6.45, 7) is 0.542. The van der Waals surface area contributed by atoms with Crippen LogP contribution in [0.2, 0.25) is 0 Å². The van der Waals surface area contributed by atoms with Gasteiger partial charge in [-0.3, -0.25) is 4.68 Å². The fourth-order valence-corrected chi connectivity index (χ4v) is 3.77. The number of benzene rings is 2. The molecule has 0 saturated heterocycles. The highest BCUT2D eigenvalue weighted by molar-refractivity contribution is 5.70. The summed E-state index contributed by atoms with van der Waals surface area (Å²) in [5, 5.41) is 13.5. The van der Waals surface area contributed by atoms with E-state index in [0.717, 1.165) is 29.8 Å². The summed E-state index contributed by atoms with van der Waals surface area (Å²) >= 11 is 0. The van der Waals surface area contributed by atoms with Crippen LogP contribution in [0.25, 0.3) is 12.2 Å². The predicted octanol–water partition coefficient (Wildman–Crippen LogP) is 4.54. The van der Waals surface area contributed by atoms with Crippen LogP contribution in [-0.4, -0.2) is 14.9 Å². The van der Waals surface area contributed by atoms with Crippen molar-refractivity contribution in [1.29, 1.82) is 0 Å². The van der Waals surface area contributed by atoms with Crippen molar-refractivity contribution in [2.24, 2.45) is 7.05 Å². The van der Waals surface area contributed by atoms with Crippen molar-refractivity contribution in [3.05, 3.63) is 82.2 Å². The molecule has 1 aromatic heterocycles. The Kier molecular flexibility index (Phi) is 5.58. The number of rotatable bonds is 6. The van der Waals surface area contributed by atoms with E-state index < -0.39 is 0 Å². The molecule has 0 radical (unpaired) electrons. The van der Waals surface area contributed by atoms with Crippen molar-refractivity contribution >= 4 is 12.2 Å². The van der Waals surface area contributed by atoms with Crippen molar-refractivity contribution < 1.29 is 9.84 Å². The molecule has 4 rings (SSSR count). The first-order chi connectivity index (χ1) is 13.7. The number of hydrogen-bond acceptors (Lipinski definition) is 3. The lowest BCUT2D eigenvalue weighted by Gasteiger charge is -2.21. The monoisotopic (exact) mass is 374 g/mol. The van der Waals surface area contributed by atoms with Gasteiger partial charge in [0.1, 0.15) is 12.4 Å². The zero-order valence-corrected chi connectivity index (χ0v) is 16.3. The van der Waals surface area contributed by atoms with E-state index in [0.29, 0.717) is 12.3 Å². The fourth-order valence-electron chi connectivity index (χ4n) is 3.77. The number of aromatic nitrogens is 2. The Hall–Kier alpha value is -2.85. The van der Waals surface area contributed by atoms with Gasteiger partial charge in [0.25, 0.3) is 0 Å². The van der Waals surface area contributed by atoms with Crippen molar-refractivity contribution in [2.45, 2.75) is 38.9 Å². The SMILES string of the molecule is Cn1nc(CO)cc1/C=C/c1cc2c(c(OCc3ccccc3)c1)CCCC2. The van der Waals surface area contributed by atoms with Crippen molar-refractivity contribution in [2.75, 3.05) is 0 Å². The molecule has 0 fully saturated rings. The zero-order chi connectivity index (χ0) is 19.3. The molecule has 3 aromatic rings. The van der Waals surface area contributed by atoms with Crippen LogP contribution in [0.1, 0.15) is 46.5 Å². The molecule has 4 heteroatoms. The van der Waals surface area contributed by atoms with Crippen molar-refractivity contribution in [1.82, 2.24) is 9.78 Å². The largest absolute Gasteiger partial charge is 0.489 e. The summed E-state index contributed by atoms with van der Waals surface area (Å²) in [7, 11) is 1.89. The van der Waals surface area contributed by atoms with Gasteiger partial charge in [0.15, 0.2) is 0 Å². The van der Waals surface area contributed by atoms with Crippen LogP contribution < -0.4 is 4.74 Å². The standard InChI is InChI=1S/C24H26N2O2/c1-26-22(15-21(16-27)25-26)12-11-19-13-20-9-5-6-10-23(20)24(14-19)28-17-18-7-3-2-4-8-18/h2-4,7-8,11-15,27H,5-6,9-10,16-17H2,1H3/b12-11+. The molecule has 0 spiro atoms. The van der Waals surface area contributed by atoms with Gasteiger partial charge in [0, 0.05) is 7.05 Å². The minimum Gasteiger partial charge on any atom is -0.489 e. The van der Waals surface area contributed by atoms with Gasteiger partial charge in [-0.15, -0.1) is 0 Å². The molecule has 144 valence electrons. The molecular formula is C24H26N2O2. The molecule has 1 aliphatic carbocycles. The topological polar surface area (TPSA) is 47.3 Å². The van der Waals surface area contributed by atoms with Gasteiger partial charge in [-0.05, 0) is 66.1 Å². The van der Waals surface area contributed by atoms with Crippen LogP contribution >= 0.6 is 0 Å². The van der Waals surface area contributed by atoms with Gasteiger partial charge < -0.3 is 9.84 Å². The first-order valence-corrected chi connectivity index (χ1v) is 9.87. The van der Waals surface area contributed by atoms with E-state index in [1.807, 2.05) is 37.4 Å². The van der Waals surface area contributed by atoms with Gasteiger partial charge in [-0.2, -0.15) is 5.10 Å². The van der Waals surface area contributed by atoms with Crippen LogP contribution in [0.5, 0.6) is 5.75 Å². The zero-order valence-electron chi connectivity index (χ0n) is 16.3. The molecule has 1 aliphatic rings. The third kappa shape index (κ3) is 4.18.